The van der Waals surface area contributed by atoms with Crippen molar-refractivity contribution in [3.8, 4) is 0 Å². The molecule has 2 aromatic carbocycles. The van der Waals surface area contributed by atoms with Crippen LogP contribution < -0.4 is 10.2 Å². The van der Waals surface area contributed by atoms with Crippen LogP contribution in [0.5, 0.6) is 0 Å². The zero-order chi connectivity index (χ0) is 19.9. The van der Waals surface area contributed by atoms with E-state index >= 15 is 0 Å². The number of aryl methyl sites for hydroxylation is 2. The van der Waals surface area contributed by atoms with Gasteiger partial charge in [0.05, 0.1) is 0 Å². The van der Waals surface area contributed by atoms with Crippen LogP contribution in [0.1, 0.15) is 23.1 Å². The third-order valence-electron chi connectivity index (χ3n) is 4.54. The van der Waals surface area contributed by atoms with E-state index in [9.17, 15) is 0 Å². The number of para-hydroxylation sites is 1. The summed E-state index contributed by atoms with van der Waals surface area (Å²) in [6.07, 6.45) is 4.81. The van der Waals surface area contributed by atoms with Crippen molar-refractivity contribution >= 4 is 29.1 Å². The molecule has 4 nitrogen and oxygen atoms in total. The second kappa shape index (κ2) is 9.38. The van der Waals surface area contributed by atoms with E-state index in [1.807, 2.05) is 23.1 Å². The van der Waals surface area contributed by atoms with Gasteiger partial charge in [-0.3, -0.25) is 0 Å². The predicted molar refractivity (Wildman–Crippen MR) is 120 cm³/mol. The van der Waals surface area contributed by atoms with Gasteiger partial charge >= 0.3 is 0 Å². The van der Waals surface area contributed by atoms with Crippen LogP contribution in [0, 0.1) is 13.8 Å². The van der Waals surface area contributed by atoms with Gasteiger partial charge < -0.3 is 10.2 Å². The molecule has 0 amide bonds. The summed E-state index contributed by atoms with van der Waals surface area (Å²) in [7, 11) is 0. The molecule has 28 heavy (non-hydrogen) atoms. The van der Waals surface area contributed by atoms with Crippen molar-refractivity contribution < 1.29 is 0 Å². The number of guanidine groups is 1. The molecule has 0 radical (unpaired) electrons. The Balaban J connectivity index is 1.76. The number of nitrogens with one attached hydrogen (secondary N) is 1. The maximum atomic E-state index is 6.34. The van der Waals surface area contributed by atoms with Gasteiger partial charge in [-0.25, -0.2) is 4.99 Å². The van der Waals surface area contributed by atoms with Crippen LogP contribution >= 0.6 is 11.6 Å². The smallest absolute Gasteiger partial charge is 0.224 e. The Hall–Kier alpha value is -2.85. The van der Waals surface area contributed by atoms with E-state index in [2.05, 4.69) is 61.1 Å². The standard InChI is InChI=1S/C23H25ClN4/c1-4-28(21-8-6-5-7-18(21)3)22-15-20(24)16-26-23(27-22)25-14-13-19-11-9-17(2)10-12-19/h4-12,16H,1,13-15H2,2-3H3,(H,25,26). The first-order valence-corrected chi connectivity index (χ1v) is 9.71. The second-order valence-electron chi connectivity index (χ2n) is 6.73. The Morgan fingerprint density at radius 3 is 2.61 bits per heavy atom. The minimum absolute atomic E-state index is 0.495. The molecule has 0 aliphatic carbocycles. The van der Waals surface area contributed by atoms with Crippen molar-refractivity contribution in [1.29, 1.82) is 0 Å². The highest BCUT2D eigenvalue weighted by Crippen LogP contribution is 2.24. The quantitative estimate of drug-likeness (QED) is 0.747. The van der Waals surface area contributed by atoms with Gasteiger partial charge in [0.2, 0.25) is 5.96 Å². The van der Waals surface area contributed by atoms with Gasteiger partial charge in [-0.2, -0.15) is 4.99 Å². The van der Waals surface area contributed by atoms with Crippen LogP contribution in [0.4, 0.5) is 5.69 Å². The lowest BCUT2D eigenvalue weighted by atomic mass is 10.1. The molecule has 5 heteroatoms. The summed E-state index contributed by atoms with van der Waals surface area (Å²) in [6.45, 7) is 8.86. The maximum Gasteiger partial charge on any atom is 0.224 e. The summed E-state index contributed by atoms with van der Waals surface area (Å²) >= 11 is 6.34. The first-order chi connectivity index (χ1) is 13.6. The number of rotatable bonds is 5. The summed E-state index contributed by atoms with van der Waals surface area (Å²) in [5.41, 5.74) is 4.71. The molecule has 0 bridgehead atoms. The molecule has 1 aliphatic heterocycles. The summed E-state index contributed by atoms with van der Waals surface area (Å²) in [5.74, 6) is 1.34. The zero-order valence-electron chi connectivity index (χ0n) is 16.3. The average molecular weight is 393 g/mol. The first kappa shape index (κ1) is 19.9. The number of hydrogen-bond acceptors (Lipinski definition) is 4. The molecule has 0 fully saturated rings. The number of halogens is 1. The van der Waals surface area contributed by atoms with Crippen molar-refractivity contribution in [3.63, 3.8) is 0 Å². The van der Waals surface area contributed by atoms with E-state index < -0.39 is 0 Å². The lowest BCUT2D eigenvalue weighted by molar-refractivity contribution is 0.858. The number of hydrogen-bond donors (Lipinski definition) is 1. The molecule has 144 valence electrons. The van der Waals surface area contributed by atoms with Crippen LogP contribution in [0.2, 0.25) is 0 Å². The van der Waals surface area contributed by atoms with Crippen molar-refractivity contribution in [3.05, 3.63) is 89.2 Å². The zero-order valence-corrected chi connectivity index (χ0v) is 17.1. The summed E-state index contributed by atoms with van der Waals surface area (Å²) in [6, 6.07) is 16.7. The molecule has 3 rings (SSSR count). The van der Waals surface area contributed by atoms with Gasteiger partial charge in [0.25, 0.3) is 0 Å². The summed E-state index contributed by atoms with van der Waals surface area (Å²) in [5, 5.41) is 3.95. The molecule has 0 spiro atoms. The normalized spacial score (nSPS) is 13.8. The SMILES string of the molecule is C=CN(C1=NC(NCCc2ccc(C)cc2)=NC=C(Cl)C1)c1ccccc1C. The van der Waals surface area contributed by atoms with Gasteiger partial charge in [-0.1, -0.05) is 66.2 Å². The molecule has 0 atom stereocenters. The Labute approximate surface area is 172 Å². The number of nitrogens with zero attached hydrogens (tertiary/aromatic N) is 3. The fraction of sp³-hybridized carbons (Fsp3) is 0.217. The van der Waals surface area contributed by atoms with Crippen molar-refractivity contribution in [2.75, 3.05) is 11.4 Å². The fourth-order valence-corrected chi connectivity index (χ4v) is 3.16. The van der Waals surface area contributed by atoms with Crippen LogP contribution in [0.25, 0.3) is 0 Å². The molecular weight excluding hydrogens is 368 g/mol. The topological polar surface area (TPSA) is 40.0 Å². The summed E-state index contributed by atoms with van der Waals surface area (Å²) in [4.78, 5) is 11.1. The van der Waals surface area contributed by atoms with E-state index in [1.165, 1.54) is 11.1 Å². The molecular formula is C23H25ClN4. The molecule has 0 saturated carbocycles. The summed E-state index contributed by atoms with van der Waals surface area (Å²) < 4.78 is 0. The van der Waals surface area contributed by atoms with Gasteiger partial charge in [-0.05, 0) is 37.5 Å². The second-order valence-corrected chi connectivity index (χ2v) is 7.22. The predicted octanol–water partition coefficient (Wildman–Crippen LogP) is 5.32. The molecule has 0 aromatic heterocycles. The van der Waals surface area contributed by atoms with Crippen molar-refractivity contribution in [1.82, 2.24) is 5.32 Å². The molecule has 1 aliphatic rings. The minimum Gasteiger partial charge on any atom is -0.354 e. The monoisotopic (exact) mass is 392 g/mol. The number of benzene rings is 2. The first-order valence-electron chi connectivity index (χ1n) is 9.33. The van der Waals surface area contributed by atoms with E-state index in [0.29, 0.717) is 17.4 Å². The van der Waals surface area contributed by atoms with E-state index in [4.69, 9.17) is 16.6 Å². The van der Waals surface area contributed by atoms with Crippen molar-refractivity contribution in [2.24, 2.45) is 9.98 Å². The highest BCUT2D eigenvalue weighted by Gasteiger charge is 2.17. The largest absolute Gasteiger partial charge is 0.354 e. The fourth-order valence-electron chi connectivity index (χ4n) is 2.99. The lowest BCUT2D eigenvalue weighted by Crippen LogP contribution is -2.30. The van der Waals surface area contributed by atoms with E-state index in [0.717, 1.165) is 30.1 Å². The molecule has 1 heterocycles. The van der Waals surface area contributed by atoms with Gasteiger partial charge in [0.1, 0.15) is 5.84 Å². The molecule has 2 aromatic rings. The highest BCUT2D eigenvalue weighted by molar-refractivity contribution is 6.32. The lowest BCUT2D eigenvalue weighted by Gasteiger charge is -2.23. The third-order valence-corrected chi connectivity index (χ3v) is 4.77. The Morgan fingerprint density at radius 1 is 1.14 bits per heavy atom. The van der Waals surface area contributed by atoms with Crippen molar-refractivity contribution in [2.45, 2.75) is 26.7 Å². The Morgan fingerprint density at radius 2 is 1.89 bits per heavy atom. The highest BCUT2D eigenvalue weighted by atomic mass is 35.5. The third kappa shape index (κ3) is 5.11. The Bertz CT molecular complexity index is 926. The van der Waals surface area contributed by atoms with Gasteiger partial charge in [0.15, 0.2) is 0 Å². The van der Waals surface area contributed by atoms with E-state index in [-0.39, 0.29) is 0 Å². The number of anilines is 1. The van der Waals surface area contributed by atoms with Crippen LogP contribution in [0.3, 0.4) is 0 Å². The van der Waals surface area contributed by atoms with Crippen LogP contribution in [0.15, 0.2) is 82.5 Å². The average Bonchev–Trinajstić information content (AvgIpc) is 2.87. The number of amidine groups is 1. The van der Waals surface area contributed by atoms with Crippen LogP contribution in [-0.2, 0) is 6.42 Å². The molecule has 0 unspecified atom stereocenters. The Kier molecular flexibility index (Phi) is 6.66. The minimum atomic E-state index is 0.495. The maximum absolute atomic E-state index is 6.34. The van der Waals surface area contributed by atoms with Crippen LogP contribution in [-0.4, -0.2) is 18.3 Å². The molecule has 0 saturated heterocycles. The number of aliphatic imine (C=N–C) groups is 2. The van der Waals surface area contributed by atoms with Gasteiger partial charge in [0, 0.05) is 36.1 Å². The molecule has 1 N–H and O–H groups in total. The van der Waals surface area contributed by atoms with Gasteiger partial charge in [-0.15, -0.1) is 0 Å². The van der Waals surface area contributed by atoms with E-state index in [1.54, 1.807) is 12.4 Å².